The van der Waals surface area contributed by atoms with Gasteiger partial charge in [-0.1, -0.05) is 78.7 Å². The van der Waals surface area contributed by atoms with Gasteiger partial charge in [-0.05, 0) is 75.3 Å². The quantitative estimate of drug-likeness (QED) is 0.149. The lowest BCUT2D eigenvalue weighted by molar-refractivity contribution is -0.143. The molecule has 0 spiro atoms. The number of aryl methyl sites for hydroxylation is 1. The molecule has 0 aliphatic carbocycles. The van der Waals surface area contributed by atoms with Crippen LogP contribution in [0.5, 0.6) is 5.75 Å². The second kappa shape index (κ2) is 16.2. The molecule has 3 aromatic rings. The fraction of sp³-hybridized carbons (Fsp3) is 0.353. The van der Waals surface area contributed by atoms with E-state index in [1.165, 1.54) is 5.56 Å². The first-order valence-corrected chi connectivity index (χ1v) is 13.9. The predicted molar refractivity (Wildman–Crippen MR) is 156 cm³/mol. The van der Waals surface area contributed by atoms with Gasteiger partial charge in [-0.3, -0.25) is 4.79 Å². The number of allylic oxidation sites excluding steroid dienone is 1. The van der Waals surface area contributed by atoms with Crippen LogP contribution in [-0.2, 0) is 27.3 Å². The van der Waals surface area contributed by atoms with E-state index in [1.807, 2.05) is 49.4 Å². The molecule has 0 heterocycles. The first kappa shape index (κ1) is 29.7. The van der Waals surface area contributed by atoms with Gasteiger partial charge in [0.25, 0.3) is 0 Å². The maximum atomic E-state index is 12.0. The topological polar surface area (TPSA) is 61.8 Å². The minimum Gasteiger partial charge on any atom is -0.488 e. The SMILES string of the molecule is CCOC(=O)CCCCC(/C=C/c1ccccc1OCc1ccc(C)cc1)Cc1ccc(C(=O)OCC)cc1. The fourth-order valence-electron chi connectivity index (χ4n) is 4.30. The van der Waals surface area contributed by atoms with E-state index in [0.29, 0.717) is 31.8 Å². The van der Waals surface area contributed by atoms with Crippen molar-refractivity contribution in [3.8, 4) is 5.75 Å². The van der Waals surface area contributed by atoms with Gasteiger partial charge in [-0.2, -0.15) is 0 Å². The summed E-state index contributed by atoms with van der Waals surface area (Å²) in [7, 11) is 0. The number of hydrogen-bond donors (Lipinski definition) is 0. The Balaban J connectivity index is 1.69. The van der Waals surface area contributed by atoms with Gasteiger partial charge < -0.3 is 14.2 Å². The molecule has 3 rings (SSSR count). The minimum absolute atomic E-state index is 0.140. The van der Waals surface area contributed by atoms with Crippen molar-refractivity contribution in [3.63, 3.8) is 0 Å². The summed E-state index contributed by atoms with van der Waals surface area (Å²) >= 11 is 0. The van der Waals surface area contributed by atoms with E-state index in [1.54, 1.807) is 6.92 Å². The molecule has 0 bridgehead atoms. The molecule has 0 aliphatic rings. The second-order valence-electron chi connectivity index (χ2n) is 9.60. The highest BCUT2D eigenvalue weighted by Crippen LogP contribution is 2.24. The van der Waals surface area contributed by atoms with E-state index < -0.39 is 0 Å². The summed E-state index contributed by atoms with van der Waals surface area (Å²) in [6.07, 6.45) is 8.27. The third-order valence-corrected chi connectivity index (χ3v) is 6.46. The van der Waals surface area contributed by atoms with Gasteiger partial charge in [0.05, 0.1) is 18.8 Å². The Morgan fingerprint density at radius 2 is 1.51 bits per heavy atom. The molecule has 1 unspecified atom stereocenters. The van der Waals surface area contributed by atoms with Gasteiger partial charge in [0.2, 0.25) is 0 Å². The van der Waals surface area contributed by atoms with E-state index in [9.17, 15) is 9.59 Å². The van der Waals surface area contributed by atoms with Crippen LogP contribution < -0.4 is 4.74 Å². The molecule has 0 N–H and O–H groups in total. The van der Waals surface area contributed by atoms with Crippen LogP contribution in [-0.4, -0.2) is 25.2 Å². The van der Waals surface area contributed by atoms with Crippen LogP contribution >= 0.6 is 0 Å². The van der Waals surface area contributed by atoms with Crippen molar-refractivity contribution in [2.24, 2.45) is 5.92 Å². The first-order chi connectivity index (χ1) is 19.0. The fourth-order valence-corrected chi connectivity index (χ4v) is 4.30. The summed E-state index contributed by atoms with van der Waals surface area (Å²) in [5, 5.41) is 0. The van der Waals surface area contributed by atoms with Crippen molar-refractivity contribution in [2.45, 2.75) is 59.5 Å². The number of rotatable bonds is 15. The molecule has 0 radical (unpaired) electrons. The van der Waals surface area contributed by atoms with Crippen LogP contribution in [0, 0.1) is 12.8 Å². The van der Waals surface area contributed by atoms with Crippen LogP contribution in [0.25, 0.3) is 6.08 Å². The van der Waals surface area contributed by atoms with E-state index in [-0.39, 0.29) is 17.9 Å². The number of para-hydroxylation sites is 1. The van der Waals surface area contributed by atoms with Gasteiger partial charge in [-0.25, -0.2) is 4.79 Å². The van der Waals surface area contributed by atoms with Gasteiger partial charge in [0.15, 0.2) is 0 Å². The summed E-state index contributed by atoms with van der Waals surface area (Å²) in [6, 6.07) is 24.1. The van der Waals surface area contributed by atoms with Crippen molar-refractivity contribution in [1.82, 2.24) is 0 Å². The highest BCUT2D eigenvalue weighted by Gasteiger charge is 2.11. The van der Waals surface area contributed by atoms with Crippen molar-refractivity contribution in [3.05, 3.63) is 107 Å². The van der Waals surface area contributed by atoms with Crippen LogP contribution in [0.15, 0.2) is 78.9 Å². The molecule has 206 valence electrons. The minimum atomic E-state index is -0.304. The summed E-state index contributed by atoms with van der Waals surface area (Å²) in [5.41, 5.74) is 5.09. The van der Waals surface area contributed by atoms with Crippen molar-refractivity contribution >= 4 is 18.0 Å². The van der Waals surface area contributed by atoms with E-state index in [4.69, 9.17) is 14.2 Å². The maximum Gasteiger partial charge on any atom is 0.338 e. The lowest BCUT2D eigenvalue weighted by Crippen LogP contribution is -2.06. The number of esters is 2. The molecule has 0 aromatic heterocycles. The largest absolute Gasteiger partial charge is 0.488 e. The van der Waals surface area contributed by atoms with Crippen LogP contribution in [0.4, 0.5) is 0 Å². The Kier molecular flexibility index (Phi) is 12.3. The molecule has 0 saturated carbocycles. The average molecular weight is 529 g/mol. The van der Waals surface area contributed by atoms with Crippen molar-refractivity contribution in [1.29, 1.82) is 0 Å². The molecule has 0 amide bonds. The van der Waals surface area contributed by atoms with Gasteiger partial charge in [0, 0.05) is 12.0 Å². The summed E-state index contributed by atoms with van der Waals surface area (Å²) in [5.74, 6) is 0.653. The molecule has 39 heavy (non-hydrogen) atoms. The van der Waals surface area contributed by atoms with Crippen LogP contribution in [0.3, 0.4) is 0 Å². The highest BCUT2D eigenvalue weighted by molar-refractivity contribution is 5.89. The number of carbonyl (C=O) groups is 2. The van der Waals surface area contributed by atoms with Crippen molar-refractivity contribution < 1.29 is 23.8 Å². The van der Waals surface area contributed by atoms with E-state index in [2.05, 4.69) is 49.4 Å². The smallest absolute Gasteiger partial charge is 0.338 e. The molecule has 0 saturated heterocycles. The first-order valence-electron chi connectivity index (χ1n) is 13.9. The standard InChI is InChI=1S/C34H40O5/c1-4-37-33(35)13-9-6-10-27(24-28-19-22-31(23-20-28)34(36)38-5-2)18-21-30-11-7-8-12-32(30)39-25-29-16-14-26(3)15-17-29/h7-8,11-12,14-23,27H,4-6,9-10,13,24-25H2,1-3H3/b21-18+. The maximum absolute atomic E-state index is 12.0. The number of hydrogen-bond acceptors (Lipinski definition) is 5. The molecule has 3 aromatic carbocycles. The summed E-state index contributed by atoms with van der Waals surface area (Å²) < 4.78 is 16.3. The predicted octanol–water partition coefficient (Wildman–Crippen LogP) is 7.75. The molecule has 5 nitrogen and oxygen atoms in total. The second-order valence-corrected chi connectivity index (χ2v) is 9.60. The number of ether oxygens (including phenoxy) is 3. The molecular weight excluding hydrogens is 488 g/mol. The van der Waals surface area contributed by atoms with Gasteiger partial charge in [0.1, 0.15) is 12.4 Å². The zero-order valence-corrected chi connectivity index (χ0v) is 23.4. The molecular formula is C34H40O5. The third-order valence-electron chi connectivity index (χ3n) is 6.46. The number of benzene rings is 3. The lowest BCUT2D eigenvalue weighted by Gasteiger charge is -2.14. The molecule has 0 fully saturated rings. The van der Waals surface area contributed by atoms with Gasteiger partial charge in [-0.15, -0.1) is 0 Å². The van der Waals surface area contributed by atoms with E-state index >= 15 is 0 Å². The summed E-state index contributed by atoms with van der Waals surface area (Å²) in [6.45, 7) is 6.99. The molecule has 5 heteroatoms. The Morgan fingerprint density at radius 3 is 2.23 bits per heavy atom. The van der Waals surface area contributed by atoms with Crippen LogP contribution in [0.2, 0.25) is 0 Å². The number of unbranched alkanes of at least 4 members (excludes halogenated alkanes) is 1. The zero-order valence-electron chi connectivity index (χ0n) is 23.4. The summed E-state index contributed by atoms with van der Waals surface area (Å²) in [4.78, 5) is 23.8. The third kappa shape index (κ3) is 10.4. The monoisotopic (exact) mass is 528 g/mol. The van der Waals surface area contributed by atoms with Gasteiger partial charge >= 0.3 is 11.9 Å². The Morgan fingerprint density at radius 1 is 0.821 bits per heavy atom. The van der Waals surface area contributed by atoms with Crippen molar-refractivity contribution in [2.75, 3.05) is 13.2 Å². The zero-order chi connectivity index (χ0) is 27.9. The normalized spacial score (nSPS) is 11.8. The van der Waals surface area contributed by atoms with E-state index in [0.717, 1.165) is 48.1 Å². The average Bonchev–Trinajstić information content (AvgIpc) is 2.94. The van der Waals surface area contributed by atoms with Crippen LogP contribution in [0.1, 0.15) is 72.1 Å². The number of carbonyl (C=O) groups excluding carboxylic acids is 2. The molecule has 0 aliphatic heterocycles. The highest BCUT2D eigenvalue weighted by atomic mass is 16.5. The Labute approximate surface area is 232 Å². The Bertz CT molecular complexity index is 1200. The molecule has 1 atom stereocenters. The Hall–Kier alpha value is -3.86. The lowest BCUT2D eigenvalue weighted by atomic mass is 9.92.